The van der Waals surface area contributed by atoms with Crippen molar-refractivity contribution in [1.29, 1.82) is 0 Å². The number of esters is 1. The topological polar surface area (TPSA) is 55.8 Å². The third-order valence-electron chi connectivity index (χ3n) is 3.69. The van der Waals surface area contributed by atoms with Gasteiger partial charge in [-0.25, -0.2) is 4.79 Å². The monoisotopic (exact) mass is 393 g/mol. The van der Waals surface area contributed by atoms with E-state index < -0.39 is 5.97 Å². The maximum Gasteiger partial charge on any atom is 0.344 e. The molecule has 1 fully saturated rings. The molecule has 132 valence electrons. The highest BCUT2D eigenvalue weighted by molar-refractivity contribution is 6.43. The number of hydrogen-bond donors (Lipinski definition) is 0. The van der Waals surface area contributed by atoms with Crippen molar-refractivity contribution >= 4 is 46.7 Å². The van der Waals surface area contributed by atoms with Gasteiger partial charge in [0.15, 0.2) is 13.2 Å². The molecule has 0 aliphatic carbocycles. The molecule has 0 spiro atoms. The van der Waals surface area contributed by atoms with E-state index in [1.54, 1.807) is 4.90 Å². The predicted molar refractivity (Wildman–Crippen MR) is 92.9 cm³/mol. The highest BCUT2D eigenvalue weighted by Crippen LogP contribution is 2.33. The van der Waals surface area contributed by atoms with Gasteiger partial charge < -0.3 is 14.4 Å². The Labute approximate surface area is 155 Å². The lowest BCUT2D eigenvalue weighted by molar-refractivity contribution is -0.154. The third-order valence-corrected chi connectivity index (χ3v) is 4.70. The summed E-state index contributed by atoms with van der Waals surface area (Å²) < 4.78 is 10.2. The number of halogens is 3. The van der Waals surface area contributed by atoms with Gasteiger partial charge in [0.25, 0.3) is 5.91 Å². The highest BCUT2D eigenvalue weighted by Gasteiger charge is 2.22. The van der Waals surface area contributed by atoms with Crippen LogP contribution in [0.2, 0.25) is 15.1 Å². The van der Waals surface area contributed by atoms with Crippen LogP contribution in [-0.2, 0) is 14.3 Å². The number of amides is 1. The van der Waals surface area contributed by atoms with Gasteiger partial charge in [-0.15, -0.1) is 0 Å². The van der Waals surface area contributed by atoms with Gasteiger partial charge in [0.05, 0.1) is 15.1 Å². The van der Waals surface area contributed by atoms with Crippen LogP contribution in [-0.4, -0.2) is 43.1 Å². The molecule has 1 amide bonds. The molecule has 1 saturated heterocycles. The van der Waals surface area contributed by atoms with Crippen LogP contribution in [0.25, 0.3) is 0 Å². The van der Waals surface area contributed by atoms with Crippen molar-refractivity contribution in [2.75, 3.05) is 26.3 Å². The Morgan fingerprint density at radius 3 is 2.58 bits per heavy atom. The SMILES string of the molecule is C[C@@H]1CCCN(C(=O)COC(=O)COc2cc(Cl)c(Cl)cc2Cl)C1. The second kappa shape index (κ2) is 8.79. The van der Waals surface area contributed by atoms with Crippen molar-refractivity contribution in [1.82, 2.24) is 4.90 Å². The molecule has 1 aromatic carbocycles. The lowest BCUT2D eigenvalue weighted by Gasteiger charge is -2.30. The Morgan fingerprint density at radius 2 is 1.88 bits per heavy atom. The summed E-state index contributed by atoms with van der Waals surface area (Å²) in [6.45, 7) is 2.84. The molecule has 1 aromatic rings. The van der Waals surface area contributed by atoms with Crippen molar-refractivity contribution < 1.29 is 19.1 Å². The van der Waals surface area contributed by atoms with Crippen LogP contribution >= 0.6 is 34.8 Å². The third kappa shape index (κ3) is 5.43. The summed E-state index contributed by atoms with van der Waals surface area (Å²) in [5, 5.41) is 0.785. The van der Waals surface area contributed by atoms with Crippen LogP contribution in [0.5, 0.6) is 5.75 Å². The van der Waals surface area contributed by atoms with Gasteiger partial charge >= 0.3 is 5.97 Å². The maximum atomic E-state index is 12.0. The molecule has 0 aromatic heterocycles. The number of benzene rings is 1. The van der Waals surface area contributed by atoms with Crippen LogP contribution in [0.4, 0.5) is 0 Å². The van der Waals surface area contributed by atoms with E-state index >= 15 is 0 Å². The molecule has 0 radical (unpaired) electrons. The normalized spacial score (nSPS) is 17.5. The number of ether oxygens (including phenoxy) is 2. The van der Waals surface area contributed by atoms with Crippen molar-refractivity contribution in [3.63, 3.8) is 0 Å². The van der Waals surface area contributed by atoms with Crippen LogP contribution in [0, 0.1) is 5.92 Å². The molecular formula is C16H18Cl3NO4. The largest absolute Gasteiger partial charge is 0.480 e. The molecular weight excluding hydrogens is 377 g/mol. The zero-order valence-electron chi connectivity index (χ0n) is 13.2. The summed E-state index contributed by atoms with van der Waals surface area (Å²) in [5.74, 6) is -0.157. The molecule has 24 heavy (non-hydrogen) atoms. The summed E-state index contributed by atoms with van der Waals surface area (Å²) in [5.41, 5.74) is 0. The number of nitrogens with zero attached hydrogens (tertiary/aromatic N) is 1. The summed E-state index contributed by atoms with van der Waals surface area (Å²) in [7, 11) is 0. The van der Waals surface area contributed by atoms with Crippen molar-refractivity contribution in [2.24, 2.45) is 5.92 Å². The van der Waals surface area contributed by atoms with Gasteiger partial charge in [0.1, 0.15) is 5.75 Å². The van der Waals surface area contributed by atoms with Gasteiger partial charge in [0.2, 0.25) is 0 Å². The molecule has 5 nitrogen and oxygen atoms in total. The summed E-state index contributed by atoms with van der Waals surface area (Å²) >= 11 is 17.6. The van der Waals surface area contributed by atoms with E-state index in [0.29, 0.717) is 19.0 Å². The fourth-order valence-electron chi connectivity index (χ4n) is 2.44. The first kappa shape index (κ1) is 19.2. The smallest absolute Gasteiger partial charge is 0.344 e. The van der Waals surface area contributed by atoms with Gasteiger partial charge in [0, 0.05) is 19.2 Å². The Balaban J connectivity index is 1.77. The molecule has 0 N–H and O–H groups in total. The van der Waals surface area contributed by atoms with Crippen molar-refractivity contribution in [3.8, 4) is 5.75 Å². The van der Waals surface area contributed by atoms with Gasteiger partial charge in [-0.3, -0.25) is 4.79 Å². The molecule has 1 atom stereocenters. The number of carbonyl (C=O) groups is 2. The fourth-order valence-corrected chi connectivity index (χ4v) is 3.03. The first-order chi connectivity index (χ1) is 11.4. The van der Waals surface area contributed by atoms with Gasteiger partial charge in [-0.05, 0) is 24.8 Å². The molecule has 0 bridgehead atoms. The average molecular weight is 395 g/mol. The Morgan fingerprint density at radius 1 is 1.17 bits per heavy atom. The average Bonchev–Trinajstić information content (AvgIpc) is 2.54. The molecule has 1 aliphatic heterocycles. The van der Waals surface area contributed by atoms with Crippen LogP contribution in [0.1, 0.15) is 19.8 Å². The van der Waals surface area contributed by atoms with Crippen molar-refractivity contribution in [3.05, 3.63) is 27.2 Å². The summed E-state index contributed by atoms with van der Waals surface area (Å²) in [4.78, 5) is 25.4. The first-order valence-electron chi connectivity index (χ1n) is 7.57. The van der Waals surface area contributed by atoms with Crippen LogP contribution in [0.3, 0.4) is 0 Å². The Kier molecular flexibility index (Phi) is 7.02. The standard InChI is InChI=1S/C16H18Cl3NO4/c1-10-3-2-4-20(7-10)15(21)8-24-16(22)9-23-14-6-12(18)11(17)5-13(14)19/h5-6,10H,2-4,7-9H2,1H3/t10-/m1/s1. The minimum Gasteiger partial charge on any atom is -0.480 e. The molecule has 8 heteroatoms. The maximum absolute atomic E-state index is 12.0. The second-order valence-corrected chi connectivity index (χ2v) is 6.95. The van der Waals surface area contributed by atoms with E-state index in [2.05, 4.69) is 6.92 Å². The predicted octanol–water partition coefficient (Wildman–Crippen LogP) is 3.83. The zero-order valence-corrected chi connectivity index (χ0v) is 15.5. The number of rotatable bonds is 5. The van der Waals surface area contributed by atoms with Crippen LogP contribution < -0.4 is 4.74 Å². The zero-order chi connectivity index (χ0) is 17.7. The molecule has 1 aliphatic rings. The summed E-state index contributed by atoms with van der Waals surface area (Å²) in [6, 6.07) is 2.84. The van der Waals surface area contributed by atoms with E-state index in [1.165, 1.54) is 12.1 Å². The fraction of sp³-hybridized carbons (Fsp3) is 0.500. The van der Waals surface area contributed by atoms with E-state index in [1.807, 2.05) is 0 Å². The number of likely N-dealkylation sites (tertiary alicyclic amines) is 1. The molecule has 1 heterocycles. The molecule has 0 saturated carbocycles. The van der Waals surface area contributed by atoms with E-state index in [-0.39, 0.29) is 39.9 Å². The Bertz CT molecular complexity index is 624. The number of piperidine rings is 1. The van der Waals surface area contributed by atoms with Gasteiger partial charge in [-0.1, -0.05) is 41.7 Å². The minimum atomic E-state index is -0.657. The number of hydrogen-bond acceptors (Lipinski definition) is 4. The second-order valence-electron chi connectivity index (χ2n) is 5.73. The quantitative estimate of drug-likeness (QED) is 0.562. The van der Waals surface area contributed by atoms with E-state index in [0.717, 1.165) is 12.8 Å². The molecule has 0 unspecified atom stereocenters. The van der Waals surface area contributed by atoms with Crippen LogP contribution in [0.15, 0.2) is 12.1 Å². The number of carbonyl (C=O) groups excluding carboxylic acids is 2. The van der Waals surface area contributed by atoms with Crippen molar-refractivity contribution in [2.45, 2.75) is 19.8 Å². The highest BCUT2D eigenvalue weighted by atomic mass is 35.5. The lowest BCUT2D eigenvalue weighted by atomic mass is 10.0. The lowest BCUT2D eigenvalue weighted by Crippen LogP contribution is -2.41. The Hall–Kier alpha value is -1.17. The van der Waals surface area contributed by atoms with E-state index in [9.17, 15) is 9.59 Å². The molecule has 2 rings (SSSR count). The minimum absolute atomic E-state index is 0.192. The summed E-state index contributed by atoms with van der Waals surface area (Å²) in [6.07, 6.45) is 2.08. The van der Waals surface area contributed by atoms with Gasteiger partial charge in [-0.2, -0.15) is 0 Å². The first-order valence-corrected chi connectivity index (χ1v) is 8.71. The van der Waals surface area contributed by atoms with E-state index in [4.69, 9.17) is 44.3 Å².